The summed E-state index contributed by atoms with van der Waals surface area (Å²) >= 11 is 0. The highest BCUT2D eigenvalue weighted by atomic mass is 16.6. The van der Waals surface area contributed by atoms with Gasteiger partial charge in [0.1, 0.15) is 18.2 Å². The van der Waals surface area contributed by atoms with E-state index >= 15 is 0 Å². The van der Waals surface area contributed by atoms with Gasteiger partial charge in [-0.05, 0) is 130 Å². The lowest BCUT2D eigenvalue weighted by atomic mass is 9.47. The molecule has 0 aromatic rings. The van der Waals surface area contributed by atoms with Crippen molar-refractivity contribution in [1.82, 2.24) is 16.0 Å². The van der Waals surface area contributed by atoms with Crippen LogP contribution in [0.2, 0.25) is 0 Å². The van der Waals surface area contributed by atoms with Gasteiger partial charge in [0.15, 0.2) is 11.9 Å². The maximum atomic E-state index is 13.2. The van der Waals surface area contributed by atoms with Crippen molar-refractivity contribution in [1.29, 1.82) is 0 Å². The van der Waals surface area contributed by atoms with Crippen molar-refractivity contribution in [2.75, 3.05) is 19.6 Å². The first-order valence-electron chi connectivity index (χ1n) is 23.6. The maximum Gasteiger partial charge on any atom is 0.407 e. The summed E-state index contributed by atoms with van der Waals surface area (Å²) in [5.74, 6) is 3.10. The number of aliphatic imine (C=N–C) groups is 2. The Morgan fingerprint density at radius 3 is 2.11 bits per heavy atom. The van der Waals surface area contributed by atoms with Gasteiger partial charge in [0.2, 0.25) is 17.7 Å². The Bertz CT molecular complexity index is 1560. The minimum absolute atomic E-state index is 0.0695. The van der Waals surface area contributed by atoms with Gasteiger partial charge >= 0.3 is 6.09 Å². The van der Waals surface area contributed by atoms with Crippen molar-refractivity contribution in [3.8, 4) is 0 Å². The fraction of sp³-hybridized carbons (Fsp3) is 0.826. The van der Waals surface area contributed by atoms with Gasteiger partial charge in [-0.15, -0.1) is 0 Å². The molecule has 0 aromatic heterocycles. The van der Waals surface area contributed by atoms with E-state index in [0.717, 1.165) is 54.8 Å². The van der Waals surface area contributed by atoms with Crippen molar-refractivity contribution in [2.45, 2.75) is 175 Å². The molecule has 4 aliphatic rings. The first-order chi connectivity index (χ1) is 28.9. The fourth-order valence-electron chi connectivity index (χ4n) is 11.8. The molecule has 4 rings (SSSR count). The zero-order valence-corrected chi connectivity index (χ0v) is 38.2. The number of nitrogens with one attached hydrogen (secondary N) is 3. The van der Waals surface area contributed by atoms with Gasteiger partial charge in [0.25, 0.3) is 0 Å². The number of ether oxygens (including phenoxy) is 1. The number of primary amides is 1. The molecule has 4 amide bonds. The number of guanidine groups is 2. The van der Waals surface area contributed by atoms with Crippen LogP contribution in [0.1, 0.15) is 157 Å². The van der Waals surface area contributed by atoms with Gasteiger partial charge in [-0.3, -0.25) is 24.4 Å². The van der Waals surface area contributed by atoms with Crippen LogP contribution in [0, 0.1) is 46.3 Å². The topological polar surface area (TPSA) is 268 Å². The quantitative estimate of drug-likeness (QED) is 0.0273. The van der Waals surface area contributed by atoms with Crippen LogP contribution in [-0.4, -0.2) is 73.6 Å². The number of alkyl carbamates (subject to hydrolysis) is 1. The van der Waals surface area contributed by atoms with E-state index in [9.17, 15) is 19.2 Å². The summed E-state index contributed by atoms with van der Waals surface area (Å²) in [4.78, 5) is 58.9. The third-order valence-electron chi connectivity index (χ3n) is 15.1. The molecule has 15 heteroatoms. The standard InChI is InChI=1S/C46H82N10O5/c1-29(2)12-9-13-30(3)34-19-20-35-33-18-17-31-28-32(21-23-45(31,4)36(33)22-24-46(34,35)5)61-44(60)54-25-8-6-7-16-39(57)55-38(15-11-27-53-43(50)51)41(59)56-37(40(47)58)14-10-26-52-42(48)49/h17,29-30,32-38H,6-16,18-28H2,1-5H3,(H2,47,58)(H,54,60)(H,55,57)(H,56,59)(H4,48,49,52)(H4,50,51,53)/t30-,32+,33+,34-,35+,36+,37+,38+,45+,46-/m1/s1. The van der Waals surface area contributed by atoms with Crippen molar-refractivity contribution in [3.63, 3.8) is 0 Å². The van der Waals surface area contributed by atoms with E-state index in [2.05, 4.69) is 66.6 Å². The number of carbonyl (C=O) groups is 4. The molecule has 0 heterocycles. The normalized spacial score (nSPS) is 28.1. The summed E-state index contributed by atoms with van der Waals surface area (Å²) in [6.45, 7) is 13.4. The van der Waals surface area contributed by atoms with E-state index < -0.39 is 23.9 Å². The Morgan fingerprint density at radius 2 is 1.46 bits per heavy atom. The Kier molecular flexibility index (Phi) is 19.0. The van der Waals surface area contributed by atoms with E-state index in [0.29, 0.717) is 44.1 Å². The molecule has 15 nitrogen and oxygen atoms in total. The summed E-state index contributed by atoms with van der Waals surface area (Å²) < 4.78 is 5.98. The number of fused-ring (bicyclic) bond motifs is 5. The van der Waals surface area contributed by atoms with Gasteiger partial charge in [-0.1, -0.05) is 72.0 Å². The highest BCUT2D eigenvalue weighted by Crippen LogP contribution is 2.67. The first kappa shape index (κ1) is 49.6. The predicted molar refractivity (Wildman–Crippen MR) is 243 cm³/mol. The Morgan fingerprint density at radius 1 is 0.770 bits per heavy atom. The monoisotopic (exact) mass is 855 g/mol. The van der Waals surface area contributed by atoms with Crippen LogP contribution in [-0.2, 0) is 19.1 Å². The molecule has 0 spiro atoms. The first-order valence-corrected chi connectivity index (χ1v) is 23.6. The molecule has 4 aliphatic carbocycles. The molecular formula is C46H82N10O5. The van der Waals surface area contributed by atoms with Crippen LogP contribution in [0.3, 0.4) is 0 Å². The van der Waals surface area contributed by atoms with Gasteiger partial charge in [0, 0.05) is 32.5 Å². The van der Waals surface area contributed by atoms with Gasteiger partial charge in [0.05, 0.1) is 0 Å². The van der Waals surface area contributed by atoms with Crippen LogP contribution in [0.15, 0.2) is 21.6 Å². The largest absolute Gasteiger partial charge is 0.446 e. The van der Waals surface area contributed by atoms with E-state index in [-0.39, 0.29) is 67.8 Å². The Hall–Kier alpha value is -4.04. The number of carbonyl (C=O) groups excluding carboxylic acids is 4. The molecule has 3 saturated carbocycles. The van der Waals surface area contributed by atoms with Crippen molar-refractivity contribution in [3.05, 3.63) is 11.6 Å². The zero-order valence-electron chi connectivity index (χ0n) is 38.2. The summed E-state index contributed by atoms with van der Waals surface area (Å²) in [6.07, 6.45) is 19.0. The smallest absolute Gasteiger partial charge is 0.407 e. The second-order valence-corrected chi connectivity index (χ2v) is 19.8. The number of amides is 4. The Labute approximate surface area is 365 Å². The minimum atomic E-state index is -0.958. The maximum absolute atomic E-state index is 13.2. The SMILES string of the molecule is CC(C)CCC[C@@H](C)[C@H]1CC[C@H]2[C@@H]3CC=C4C[C@@H](OC(=O)NCCCCCC(=O)N[C@@H](CCCN=C(N)N)C(=O)N[C@@H](CCCN=C(N)N)C(N)=O)CC[C@]4(C)[C@H]3CC[C@]12C. The van der Waals surface area contributed by atoms with Crippen LogP contribution in [0.5, 0.6) is 0 Å². The summed E-state index contributed by atoms with van der Waals surface area (Å²) in [6, 6.07) is -1.88. The summed E-state index contributed by atoms with van der Waals surface area (Å²) in [5, 5.41) is 8.36. The molecule has 0 bridgehead atoms. The molecule has 0 radical (unpaired) electrons. The van der Waals surface area contributed by atoms with Crippen molar-refractivity contribution < 1.29 is 23.9 Å². The number of unbranched alkanes of at least 4 members (excludes halogenated alkanes) is 2. The van der Waals surface area contributed by atoms with E-state index in [1.807, 2.05) is 0 Å². The average molecular weight is 855 g/mol. The predicted octanol–water partition coefficient (Wildman–Crippen LogP) is 5.25. The van der Waals surface area contributed by atoms with Crippen LogP contribution in [0.4, 0.5) is 4.79 Å². The number of allylic oxidation sites excluding steroid dienone is 1. The second kappa shape index (κ2) is 23.4. The molecular weight excluding hydrogens is 773 g/mol. The molecule has 61 heavy (non-hydrogen) atoms. The summed E-state index contributed by atoms with van der Waals surface area (Å²) in [5.41, 5.74) is 29.3. The number of nitrogens with two attached hydrogens (primary N) is 5. The number of hydrogen-bond acceptors (Lipinski definition) is 7. The lowest BCUT2D eigenvalue weighted by Gasteiger charge is -2.58. The summed E-state index contributed by atoms with van der Waals surface area (Å²) in [7, 11) is 0. The van der Waals surface area contributed by atoms with Crippen molar-refractivity contribution >= 4 is 35.7 Å². The third-order valence-corrected chi connectivity index (χ3v) is 15.1. The molecule has 0 saturated heterocycles. The van der Waals surface area contributed by atoms with Gasteiger partial charge in [-0.25, -0.2) is 4.79 Å². The lowest BCUT2D eigenvalue weighted by Crippen LogP contribution is -2.53. The van der Waals surface area contributed by atoms with Crippen LogP contribution in [0.25, 0.3) is 0 Å². The van der Waals surface area contributed by atoms with E-state index in [4.69, 9.17) is 33.4 Å². The number of hydrogen-bond donors (Lipinski definition) is 8. The van der Waals surface area contributed by atoms with Crippen LogP contribution >= 0.6 is 0 Å². The number of nitrogens with zero attached hydrogens (tertiary/aromatic N) is 2. The van der Waals surface area contributed by atoms with Crippen molar-refractivity contribution in [2.24, 2.45) is 85.0 Å². The molecule has 13 N–H and O–H groups in total. The molecule has 0 unspecified atom stereocenters. The highest BCUT2D eigenvalue weighted by Gasteiger charge is 2.59. The number of rotatable bonds is 24. The second-order valence-electron chi connectivity index (χ2n) is 19.8. The lowest BCUT2D eigenvalue weighted by molar-refractivity contribution is -0.131. The minimum Gasteiger partial charge on any atom is -0.446 e. The van der Waals surface area contributed by atoms with Gasteiger partial charge in [-0.2, -0.15) is 0 Å². The Balaban J connectivity index is 1.17. The molecule has 0 aliphatic heterocycles. The molecule has 10 atom stereocenters. The molecule has 3 fully saturated rings. The third kappa shape index (κ3) is 14.2. The zero-order chi connectivity index (χ0) is 44.7. The van der Waals surface area contributed by atoms with E-state index in [1.165, 1.54) is 56.9 Å². The molecule has 346 valence electrons. The average Bonchev–Trinajstić information content (AvgIpc) is 3.55. The fourth-order valence-corrected chi connectivity index (χ4v) is 11.8. The van der Waals surface area contributed by atoms with Crippen LogP contribution < -0.4 is 44.6 Å². The van der Waals surface area contributed by atoms with Gasteiger partial charge < -0.3 is 49.4 Å². The van der Waals surface area contributed by atoms with E-state index in [1.54, 1.807) is 0 Å². The molecule has 0 aromatic carbocycles. The highest BCUT2D eigenvalue weighted by molar-refractivity contribution is 5.91.